The lowest BCUT2D eigenvalue weighted by atomic mass is 10.1. The van der Waals surface area contributed by atoms with Gasteiger partial charge in [0.05, 0.1) is 5.69 Å². The third-order valence-corrected chi connectivity index (χ3v) is 1.77. The Morgan fingerprint density at radius 2 is 2.15 bits per heavy atom. The Morgan fingerprint density at radius 3 is 2.62 bits per heavy atom. The van der Waals surface area contributed by atoms with Gasteiger partial charge in [0, 0.05) is 12.6 Å². The van der Waals surface area contributed by atoms with E-state index in [-0.39, 0.29) is 11.5 Å². The number of hydrogen-bond donors (Lipinski definition) is 1. The minimum atomic E-state index is -0.0763. The van der Waals surface area contributed by atoms with Crippen LogP contribution in [0.4, 0.5) is 11.4 Å². The molecule has 0 aliphatic rings. The van der Waals surface area contributed by atoms with E-state index in [4.69, 9.17) is 0 Å². The molecule has 4 nitrogen and oxygen atoms in total. The minimum Gasteiger partial charge on any atom is -0.386 e. The molecule has 0 atom stereocenters. The van der Waals surface area contributed by atoms with E-state index in [1.165, 1.54) is 13.0 Å². The summed E-state index contributed by atoms with van der Waals surface area (Å²) >= 11 is 0. The van der Waals surface area contributed by atoms with Crippen molar-refractivity contribution in [1.82, 2.24) is 0 Å². The maximum Gasteiger partial charge on any atom is 0.159 e. The van der Waals surface area contributed by atoms with Gasteiger partial charge in [-0.15, -0.1) is 4.91 Å². The minimum absolute atomic E-state index is 0.0763. The van der Waals surface area contributed by atoms with E-state index in [0.717, 1.165) is 0 Å². The second-order valence-corrected chi connectivity index (χ2v) is 2.63. The third kappa shape index (κ3) is 1.90. The van der Waals surface area contributed by atoms with Gasteiger partial charge in [-0.25, -0.2) is 0 Å². The average molecular weight is 178 g/mol. The van der Waals surface area contributed by atoms with Gasteiger partial charge in [0.15, 0.2) is 5.78 Å². The maximum absolute atomic E-state index is 10.9. The molecule has 0 amide bonds. The van der Waals surface area contributed by atoms with Gasteiger partial charge in [-0.1, -0.05) is 0 Å². The Hall–Kier alpha value is -1.71. The standard InChI is InChI=1S/C9H10N2O2/c1-6(12)7-3-4-8(10-2)9(5-7)11-13/h3-5,10H,1-2H3. The summed E-state index contributed by atoms with van der Waals surface area (Å²) in [4.78, 5) is 21.3. The fourth-order valence-corrected chi connectivity index (χ4v) is 1.04. The van der Waals surface area contributed by atoms with Crippen LogP contribution in [0.15, 0.2) is 23.4 Å². The average Bonchev–Trinajstić information content (AvgIpc) is 2.16. The summed E-state index contributed by atoms with van der Waals surface area (Å²) in [7, 11) is 1.69. The molecule has 0 spiro atoms. The fourth-order valence-electron chi connectivity index (χ4n) is 1.04. The quantitative estimate of drug-likeness (QED) is 0.570. The van der Waals surface area contributed by atoms with E-state index >= 15 is 0 Å². The predicted octanol–water partition coefficient (Wildman–Crippen LogP) is 2.33. The van der Waals surface area contributed by atoms with E-state index in [0.29, 0.717) is 11.3 Å². The molecular weight excluding hydrogens is 168 g/mol. The number of carbonyl (C=O) groups is 1. The first-order valence-corrected chi connectivity index (χ1v) is 3.85. The van der Waals surface area contributed by atoms with Gasteiger partial charge in [-0.05, 0) is 30.3 Å². The summed E-state index contributed by atoms with van der Waals surface area (Å²) in [6.07, 6.45) is 0. The van der Waals surface area contributed by atoms with Gasteiger partial charge in [0.1, 0.15) is 5.69 Å². The van der Waals surface area contributed by atoms with Gasteiger partial charge in [-0.2, -0.15) is 0 Å². The number of Topliss-reactive ketones (excluding diaryl/α,β-unsaturated/α-hetero) is 1. The molecule has 0 aliphatic carbocycles. The maximum atomic E-state index is 10.9. The molecule has 13 heavy (non-hydrogen) atoms. The van der Waals surface area contributed by atoms with Crippen molar-refractivity contribution in [2.45, 2.75) is 6.92 Å². The van der Waals surface area contributed by atoms with Crippen molar-refractivity contribution in [3.05, 3.63) is 28.7 Å². The molecule has 1 rings (SSSR count). The molecule has 0 bridgehead atoms. The van der Waals surface area contributed by atoms with E-state index < -0.39 is 0 Å². The molecule has 0 heterocycles. The van der Waals surface area contributed by atoms with E-state index in [1.807, 2.05) is 0 Å². The zero-order chi connectivity index (χ0) is 9.84. The van der Waals surface area contributed by atoms with Crippen molar-refractivity contribution >= 4 is 17.2 Å². The Kier molecular flexibility index (Phi) is 2.74. The van der Waals surface area contributed by atoms with Crippen LogP contribution in [0.5, 0.6) is 0 Å². The molecule has 0 saturated carbocycles. The van der Waals surface area contributed by atoms with Crippen molar-refractivity contribution < 1.29 is 4.79 Å². The number of nitrogens with one attached hydrogen (secondary N) is 1. The first kappa shape index (κ1) is 9.38. The molecule has 4 heteroatoms. The molecule has 0 aliphatic heterocycles. The number of nitroso groups, excluding NO2 is 1. The number of hydrogen-bond acceptors (Lipinski definition) is 4. The summed E-state index contributed by atoms with van der Waals surface area (Å²) in [6.45, 7) is 1.45. The van der Waals surface area contributed by atoms with Crippen LogP contribution in [0.1, 0.15) is 17.3 Å². The van der Waals surface area contributed by atoms with E-state index in [9.17, 15) is 9.70 Å². The van der Waals surface area contributed by atoms with E-state index in [2.05, 4.69) is 10.5 Å². The molecular formula is C9H10N2O2. The smallest absolute Gasteiger partial charge is 0.159 e. The monoisotopic (exact) mass is 178 g/mol. The molecule has 0 radical (unpaired) electrons. The lowest BCUT2D eigenvalue weighted by Gasteiger charge is -2.03. The lowest BCUT2D eigenvalue weighted by Crippen LogP contribution is -1.94. The van der Waals surface area contributed by atoms with Gasteiger partial charge in [0.2, 0.25) is 0 Å². The number of ketones is 1. The van der Waals surface area contributed by atoms with Crippen molar-refractivity contribution in [1.29, 1.82) is 0 Å². The highest BCUT2D eigenvalue weighted by Gasteiger charge is 2.05. The van der Waals surface area contributed by atoms with Crippen LogP contribution >= 0.6 is 0 Å². The zero-order valence-electron chi connectivity index (χ0n) is 7.50. The second-order valence-electron chi connectivity index (χ2n) is 2.63. The van der Waals surface area contributed by atoms with Gasteiger partial charge in [0.25, 0.3) is 0 Å². The highest BCUT2D eigenvalue weighted by Crippen LogP contribution is 2.25. The first-order valence-electron chi connectivity index (χ1n) is 3.85. The molecule has 0 saturated heterocycles. The Balaban J connectivity index is 3.20. The van der Waals surface area contributed by atoms with Crippen LogP contribution in [0, 0.1) is 4.91 Å². The van der Waals surface area contributed by atoms with Crippen LogP contribution in [0.25, 0.3) is 0 Å². The van der Waals surface area contributed by atoms with Gasteiger partial charge in [-0.3, -0.25) is 4.79 Å². The largest absolute Gasteiger partial charge is 0.386 e. The highest BCUT2D eigenvalue weighted by molar-refractivity contribution is 5.95. The van der Waals surface area contributed by atoms with Crippen LogP contribution < -0.4 is 5.32 Å². The molecule has 0 aromatic heterocycles. The molecule has 0 unspecified atom stereocenters. The Morgan fingerprint density at radius 1 is 1.46 bits per heavy atom. The molecule has 0 fully saturated rings. The summed E-state index contributed by atoms with van der Waals surface area (Å²) in [6, 6.07) is 4.79. The number of carbonyl (C=O) groups excluding carboxylic acids is 1. The second kappa shape index (κ2) is 3.80. The summed E-state index contributed by atoms with van der Waals surface area (Å²) in [5.41, 5.74) is 1.38. The third-order valence-electron chi connectivity index (χ3n) is 1.77. The molecule has 1 aromatic carbocycles. The number of benzene rings is 1. The Labute approximate surface area is 75.9 Å². The van der Waals surface area contributed by atoms with Crippen molar-refractivity contribution in [2.24, 2.45) is 5.18 Å². The molecule has 1 N–H and O–H groups in total. The highest BCUT2D eigenvalue weighted by atomic mass is 16.3. The topological polar surface area (TPSA) is 58.5 Å². The fraction of sp³-hybridized carbons (Fsp3) is 0.222. The SMILES string of the molecule is CNc1ccc(C(C)=O)cc1N=O. The van der Waals surface area contributed by atoms with Gasteiger partial charge < -0.3 is 5.32 Å². The van der Waals surface area contributed by atoms with Crippen molar-refractivity contribution in [3.63, 3.8) is 0 Å². The van der Waals surface area contributed by atoms with Crippen LogP contribution in [0.3, 0.4) is 0 Å². The van der Waals surface area contributed by atoms with Crippen LogP contribution in [-0.4, -0.2) is 12.8 Å². The summed E-state index contributed by atoms with van der Waals surface area (Å²) in [5.74, 6) is -0.0763. The number of anilines is 1. The van der Waals surface area contributed by atoms with Crippen LogP contribution in [-0.2, 0) is 0 Å². The first-order chi connectivity index (χ1) is 6.19. The summed E-state index contributed by atoms with van der Waals surface area (Å²) < 4.78 is 0. The summed E-state index contributed by atoms with van der Waals surface area (Å²) in [5, 5.41) is 5.63. The zero-order valence-corrected chi connectivity index (χ0v) is 7.50. The van der Waals surface area contributed by atoms with Gasteiger partial charge >= 0.3 is 0 Å². The predicted molar refractivity (Wildman–Crippen MR) is 51.4 cm³/mol. The lowest BCUT2D eigenvalue weighted by molar-refractivity contribution is 0.101. The Bertz CT molecular complexity index is 347. The van der Waals surface area contributed by atoms with Crippen LogP contribution in [0.2, 0.25) is 0 Å². The molecule has 1 aromatic rings. The van der Waals surface area contributed by atoms with E-state index in [1.54, 1.807) is 19.2 Å². The normalized spacial score (nSPS) is 9.38. The molecule has 68 valence electrons. The van der Waals surface area contributed by atoms with Crippen molar-refractivity contribution in [3.8, 4) is 0 Å². The number of nitrogens with zero attached hydrogens (tertiary/aromatic N) is 1. The van der Waals surface area contributed by atoms with Crippen molar-refractivity contribution in [2.75, 3.05) is 12.4 Å². The number of rotatable bonds is 3.